The maximum absolute atomic E-state index is 12.2. The summed E-state index contributed by atoms with van der Waals surface area (Å²) in [6, 6.07) is 16.9. The standard InChI is InChI=1S/C19H19NO3/c1-13(11-17-12-15-5-3-4-6-18(15)23-17)20-19(21)14-7-9-16(22-2)10-8-14/h3-10,12-13H,11H2,1-2H3,(H,20,21)/t13-/m0/s1. The highest BCUT2D eigenvalue weighted by molar-refractivity contribution is 5.94. The second-order valence-electron chi connectivity index (χ2n) is 5.56. The molecule has 1 aromatic heterocycles. The van der Waals surface area contributed by atoms with Crippen molar-refractivity contribution in [3.05, 3.63) is 65.9 Å². The number of hydrogen-bond acceptors (Lipinski definition) is 3. The highest BCUT2D eigenvalue weighted by Crippen LogP contribution is 2.20. The lowest BCUT2D eigenvalue weighted by atomic mass is 10.1. The first kappa shape index (κ1) is 15.2. The Morgan fingerprint density at radius 1 is 1.17 bits per heavy atom. The number of methoxy groups -OCH3 is 1. The van der Waals surface area contributed by atoms with Gasteiger partial charge in [0.1, 0.15) is 17.1 Å². The third kappa shape index (κ3) is 3.54. The first-order chi connectivity index (χ1) is 11.2. The molecule has 3 rings (SSSR count). The van der Waals surface area contributed by atoms with Gasteiger partial charge in [0.25, 0.3) is 5.91 Å². The minimum Gasteiger partial charge on any atom is -0.497 e. The number of amides is 1. The lowest BCUT2D eigenvalue weighted by Crippen LogP contribution is -2.33. The number of carbonyl (C=O) groups is 1. The topological polar surface area (TPSA) is 51.5 Å². The van der Waals surface area contributed by atoms with Crippen molar-refractivity contribution < 1.29 is 13.9 Å². The summed E-state index contributed by atoms with van der Waals surface area (Å²) in [6.07, 6.45) is 0.649. The maximum Gasteiger partial charge on any atom is 0.251 e. The van der Waals surface area contributed by atoms with E-state index in [1.807, 2.05) is 37.3 Å². The van der Waals surface area contributed by atoms with Gasteiger partial charge in [0.2, 0.25) is 0 Å². The van der Waals surface area contributed by atoms with Gasteiger partial charge in [-0.15, -0.1) is 0 Å². The third-order valence-corrected chi connectivity index (χ3v) is 3.71. The Kier molecular flexibility index (Phi) is 4.33. The van der Waals surface area contributed by atoms with Crippen molar-refractivity contribution in [1.82, 2.24) is 5.32 Å². The zero-order valence-electron chi connectivity index (χ0n) is 13.2. The molecule has 1 N–H and O–H groups in total. The first-order valence-electron chi connectivity index (χ1n) is 7.58. The molecule has 1 atom stereocenters. The Bertz CT molecular complexity index is 772. The first-order valence-corrected chi connectivity index (χ1v) is 7.58. The molecule has 0 bridgehead atoms. The molecule has 0 unspecified atom stereocenters. The molecular formula is C19H19NO3. The Morgan fingerprint density at radius 3 is 2.61 bits per heavy atom. The van der Waals surface area contributed by atoms with Crippen LogP contribution in [0.25, 0.3) is 11.0 Å². The second-order valence-corrected chi connectivity index (χ2v) is 5.56. The van der Waals surface area contributed by atoms with Crippen molar-refractivity contribution in [1.29, 1.82) is 0 Å². The lowest BCUT2D eigenvalue weighted by Gasteiger charge is -2.12. The Balaban J connectivity index is 1.63. The van der Waals surface area contributed by atoms with Crippen LogP contribution < -0.4 is 10.1 Å². The molecule has 0 saturated carbocycles. The van der Waals surface area contributed by atoms with Gasteiger partial charge in [-0.1, -0.05) is 18.2 Å². The van der Waals surface area contributed by atoms with Crippen molar-refractivity contribution in [2.24, 2.45) is 0 Å². The van der Waals surface area contributed by atoms with Crippen LogP contribution >= 0.6 is 0 Å². The molecule has 3 aromatic rings. The van der Waals surface area contributed by atoms with Crippen LogP contribution in [0, 0.1) is 0 Å². The van der Waals surface area contributed by atoms with Gasteiger partial charge < -0.3 is 14.5 Å². The number of fused-ring (bicyclic) bond motifs is 1. The molecule has 1 amide bonds. The van der Waals surface area contributed by atoms with Gasteiger partial charge in [0.05, 0.1) is 7.11 Å². The summed E-state index contributed by atoms with van der Waals surface area (Å²) in [6.45, 7) is 1.97. The predicted molar refractivity (Wildman–Crippen MR) is 89.8 cm³/mol. The molecule has 118 valence electrons. The number of furan rings is 1. The molecule has 4 nitrogen and oxygen atoms in total. The summed E-state index contributed by atoms with van der Waals surface area (Å²) in [5.74, 6) is 1.50. The van der Waals surface area contributed by atoms with E-state index in [0.29, 0.717) is 12.0 Å². The smallest absolute Gasteiger partial charge is 0.251 e. The van der Waals surface area contributed by atoms with Gasteiger partial charge in [-0.2, -0.15) is 0 Å². The number of hydrogen-bond donors (Lipinski definition) is 1. The van der Waals surface area contributed by atoms with E-state index in [4.69, 9.17) is 9.15 Å². The molecule has 0 aliphatic carbocycles. The SMILES string of the molecule is COc1ccc(C(=O)N[C@@H](C)Cc2cc3ccccc3o2)cc1. The van der Waals surface area contributed by atoms with E-state index in [0.717, 1.165) is 22.5 Å². The monoisotopic (exact) mass is 309 g/mol. The molecule has 2 aromatic carbocycles. The number of benzene rings is 2. The summed E-state index contributed by atoms with van der Waals surface area (Å²) in [5, 5.41) is 4.07. The summed E-state index contributed by atoms with van der Waals surface area (Å²) < 4.78 is 10.9. The number of ether oxygens (including phenoxy) is 1. The number of rotatable bonds is 5. The Labute approximate surface area is 135 Å². The molecule has 0 saturated heterocycles. The Morgan fingerprint density at radius 2 is 1.91 bits per heavy atom. The van der Waals surface area contributed by atoms with Crippen molar-refractivity contribution in [2.75, 3.05) is 7.11 Å². The largest absolute Gasteiger partial charge is 0.497 e. The molecule has 1 heterocycles. The predicted octanol–water partition coefficient (Wildman–Crippen LogP) is 3.80. The molecule has 0 spiro atoms. The van der Waals surface area contributed by atoms with E-state index in [9.17, 15) is 4.79 Å². The van der Waals surface area contributed by atoms with Gasteiger partial charge in [-0.3, -0.25) is 4.79 Å². The Hall–Kier alpha value is -2.75. The molecule has 0 aliphatic heterocycles. The van der Waals surface area contributed by atoms with Crippen LogP contribution in [0.5, 0.6) is 5.75 Å². The van der Waals surface area contributed by atoms with Crippen LogP contribution in [-0.2, 0) is 6.42 Å². The minimum atomic E-state index is -0.101. The van der Waals surface area contributed by atoms with Crippen LogP contribution in [0.15, 0.2) is 59.0 Å². The summed E-state index contributed by atoms with van der Waals surface area (Å²) in [7, 11) is 1.60. The average molecular weight is 309 g/mol. The molecule has 0 aliphatic rings. The highest BCUT2D eigenvalue weighted by Gasteiger charge is 2.12. The number of para-hydroxylation sites is 1. The highest BCUT2D eigenvalue weighted by atomic mass is 16.5. The molecule has 0 fully saturated rings. The van der Waals surface area contributed by atoms with Crippen molar-refractivity contribution in [3.8, 4) is 5.75 Å². The quantitative estimate of drug-likeness (QED) is 0.780. The van der Waals surface area contributed by atoms with Crippen molar-refractivity contribution in [3.63, 3.8) is 0 Å². The van der Waals surface area contributed by atoms with Crippen LogP contribution in [0.3, 0.4) is 0 Å². The van der Waals surface area contributed by atoms with Crippen molar-refractivity contribution in [2.45, 2.75) is 19.4 Å². The van der Waals surface area contributed by atoms with E-state index in [2.05, 4.69) is 5.32 Å². The number of carbonyl (C=O) groups excluding carboxylic acids is 1. The second kappa shape index (κ2) is 6.57. The maximum atomic E-state index is 12.2. The van der Waals surface area contributed by atoms with Gasteiger partial charge in [-0.05, 0) is 43.3 Å². The third-order valence-electron chi connectivity index (χ3n) is 3.71. The molecular weight excluding hydrogens is 290 g/mol. The summed E-state index contributed by atoms with van der Waals surface area (Å²) in [5.41, 5.74) is 1.48. The molecule has 0 radical (unpaired) electrons. The zero-order valence-corrected chi connectivity index (χ0v) is 13.2. The van der Waals surface area contributed by atoms with E-state index >= 15 is 0 Å². The summed E-state index contributed by atoms with van der Waals surface area (Å²) >= 11 is 0. The van der Waals surface area contributed by atoms with Gasteiger partial charge in [0, 0.05) is 23.4 Å². The van der Waals surface area contributed by atoms with Gasteiger partial charge in [-0.25, -0.2) is 0 Å². The van der Waals surface area contributed by atoms with E-state index in [-0.39, 0.29) is 11.9 Å². The van der Waals surface area contributed by atoms with Crippen LogP contribution in [0.1, 0.15) is 23.0 Å². The fourth-order valence-electron chi connectivity index (χ4n) is 2.54. The molecule has 4 heteroatoms. The number of nitrogens with one attached hydrogen (secondary N) is 1. The van der Waals surface area contributed by atoms with Crippen LogP contribution in [0.2, 0.25) is 0 Å². The normalized spacial score (nSPS) is 12.1. The van der Waals surface area contributed by atoms with E-state index < -0.39 is 0 Å². The summed E-state index contributed by atoms with van der Waals surface area (Å²) in [4.78, 5) is 12.2. The fourth-order valence-corrected chi connectivity index (χ4v) is 2.54. The van der Waals surface area contributed by atoms with Crippen molar-refractivity contribution >= 4 is 16.9 Å². The zero-order chi connectivity index (χ0) is 16.2. The van der Waals surface area contributed by atoms with Crippen LogP contribution in [0.4, 0.5) is 0 Å². The average Bonchev–Trinajstić information content (AvgIpc) is 2.96. The minimum absolute atomic E-state index is 0.0230. The van der Waals surface area contributed by atoms with Gasteiger partial charge >= 0.3 is 0 Å². The fraction of sp³-hybridized carbons (Fsp3) is 0.211. The lowest BCUT2D eigenvalue weighted by molar-refractivity contribution is 0.0939. The van der Waals surface area contributed by atoms with Gasteiger partial charge in [0.15, 0.2) is 0 Å². The molecule has 23 heavy (non-hydrogen) atoms. The van der Waals surface area contributed by atoms with E-state index in [1.165, 1.54) is 0 Å². The van der Waals surface area contributed by atoms with Crippen LogP contribution in [-0.4, -0.2) is 19.1 Å². The van der Waals surface area contributed by atoms with E-state index in [1.54, 1.807) is 31.4 Å².